The Bertz CT molecular complexity index is 1640. The summed E-state index contributed by atoms with van der Waals surface area (Å²) in [4.78, 5) is 35.6. The fraction of sp³-hybridized carbons (Fsp3) is 0.483. The molecule has 1 amide bonds. The van der Waals surface area contributed by atoms with E-state index in [4.69, 9.17) is 26.8 Å². The number of benzene rings is 1. The summed E-state index contributed by atoms with van der Waals surface area (Å²) in [6.45, 7) is 7.07. The second-order valence-electron chi connectivity index (χ2n) is 11.0. The zero-order valence-electron chi connectivity index (χ0n) is 25.9. The Morgan fingerprint density at radius 3 is 2.67 bits per heavy atom. The Hall–Kier alpha value is -4.57. The highest BCUT2D eigenvalue weighted by atomic mass is 35.5. The van der Waals surface area contributed by atoms with Crippen LogP contribution in [0.3, 0.4) is 0 Å². The molecule has 1 fully saturated rings. The number of nitrogens with two attached hydrogens (primary N) is 1. The van der Waals surface area contributed by atoms with Crippen LogP contribution >= 0.6 is 24.0 Å². The van der Waals surface area contributed by atoms with Crippen LogP contribution in [-0.4, -0.2) is 76.6 Å². The standard InChI is InChI=1S/C29H36ClN11O4.ClH/c1-5-34-26-27-35-14-19(13-32)41(27)39-28(38-26)36-21-9-17(12-31)10-22(25(21)30)40-7-6-20(37-29(43)44-4)23(15-40)45-24(42)11-18(33)8-16(2)3;/h9-10,14,16,18,20,23H,5-8,11,15,33H2,1-4H3,(H,37,43)(H2,34,36,38,39);1H/t18?,20-,23-;/m1./s1. The number of carbonyl (C=O) groups is 2. The first kappa shape index (κ1) is 35.9. The van der Waals surface area contributed by atoms with Gasteiger partial charge in [-0.15, -0.1) is 17.5 Å². The van der Waals surface area contributed by atoms with Crippen molar-refractivity contribution < 1.29 is 19.1 Å². The van der Waals surface area contributed by atoms with E-state index in [0.29, 0.717) is 60.3 Å². The number of hydrogen-bond acceptors (Lipinski definition) is 13. The molecule has 1 aromatic carbocycles. The molecule has 15 nitrogen and oxygen atoms in total. The third-order valence-electron chi connectivity index (χ3n) is 7.12. The molecular weight excluding hydrogens is 637 g/mol. The number of amides is 1. The van der Waals surface area contributed by atoms with Gasteiger partial charge >= 0.3 is 12.1 Å². The van der Waals surface area contributed by atoms with E-state index in [1.807, 2.05) is 31.7 Å². The number of carbonyl (C=O) groups excluding carboxylic acids is 2. The number of aromatic nitrogens is 4. The monoisotopic (exact) mass is 673 g/mol. The molecule has 0 bridgehead atoms. The molecule has 3 aromatic rings. The van der Waals surface area contributed by atoms with Crippen molar-refractivity contribution in [3.63, 3.8) is 0 Å². The summed E-state index contributed by atoms with van der Waals surface area (Å²) in [6.07, 6.45) is 1.08. The first-order valence-corrected chi connectivity index (χ1v) is 14.9. The molecule has 0 aliphatic carbocycles. The van der Waals surface area contributed by atoms with Crippen LogP contribution in [0.2, 0.25) is 5.02 Å². The van der Waals surface area contributed by atoms with Gasteiger partial charge in [0, 0.05) is 19.1 Å². The van der Waals surface area contributed by atoms with Crippen molar-refractivity contribution in [3.8, 4) is 12.1 Å². The topological polar surface area (TPSA) is 209 Å². The summed E-state index contributed by atoms with van der Waals surface area (Å²) in [6, 6.07) is 6.51. The Morgan fingerprint density at radius 1 is 1.26 bits per heavy atom. The minimum atomic E-state index is -0.756. The van der Waals surface area contributed by atoms with Gasteiger partial charge < -0.3 is 36.1 Å². The largest absolute Gasteiger partial charge is 0.458 e. The summed E-state index contributed by atoms with van der Waals surface area (Å²) in [5, 5.41) is 33.0. The van der Waals surface area contributed by atoms with Crippen LogP contribution in [-0.2, 0) is 14.3 Å². The van der Waals surface area contributed by atoms with Crippen molar-refractivity contribution in [2.75, 3.05) is 42.3 Å². The number of anilines is 4. The minimum absolute atomic E-state index is 0. The summed E-state index contributed by atoms with van der Waals surface area (Å²) < 4.78 is 12.0. The number of piperidine rings is 1. The summed E-state index contributed by atoms with van der Waals surface area (Å²) >= 11 is 6.92. The SMILES string of the molecule is CCNc1nc(Nc2cc(C#N)cc(N3CC[C@@H](NC(=O)OC)[C@H](OC(=O)CC(N)CC(C)C)C3)c2Cl)nn2c(C#N)cnc12.Cl. The minimum Gasteiger partial charge on any atom is -0.458 e. The molecule has 17 heteroatoms. The molecule has 0 radical (unpaired) electrons. The van der Waals surface area contributed by atoms with Crippen molar-refractivity contribution in [2.45, 2.75) is 58.2 Å². The quantitative estimate of drug-likeness (QED) is 0.214. The first-order valence-electron chi connectivity index (χ1n) is 14.5. The number of esters is 1. The number of nitrogens with zero attached hydrogens (tertiary/aromatic N) is 7. The van der Waals surface area contributed by atoms with Crippen LogP contribution in [0, 0.1) is 28.6 Å². The molecule has 0 spiro atoms. The average Bonchev–Trinajstić information content (AvgIpc) is 3.42. The van der Waals surface area contributed by atoms with Gasteiger partial charge in [0.15, 0.2) is 17.2 Å². The Kier molecular flexibility index (Phi) is 12.6. The lowest BCUT2D eigenvalue weighted by Crippen LogP contribution is -2.56. The van der Waals surface area contributed by atoms with Crippen LogP contribution in [0.25, 0.3) is 5.65 Å². The fourth-order valence-corrected chi connectivity index (χ4v) is 5.44. The van der Waals surface area contributed by atoms with Gasteiger partial charge in [-0.2, -0.15) is 20.0 Å². The van der Waals surface area contributed by atoms with Crippen molar-refractivity contribution in [1.82, 2.24) is 24.9 Å². The highest BCUT2D eigenvalue weighted by Crippen LogP contribution is 2.37. The van der Waals surface area contributed by atoms with Gasteiger partial charge in [-0.05, 0) is 37.8 Å². The number of imidazole rings is 1. The molecule has 2 aromatic heterocycles. The zero-order chi connectivity index (χ0) is 32.7. The summed E-state index contributed by atoms with van der Waals surface area (Å²) in [5.74, 6) is 0.356. The Balaban J connectivity index is 0.00000576. The van der Waals surface area contributed by atoms with E-state index in [9.17, 15) is 20.1 Å². The highest BCUT2D eigenvalue weighted by Gasteiger charge is 2.35. The van der Waals surface area contributed by atoms with Gasteiger partial charge in [0.25, 0.3) is 0 Å². The van der Waals surface area contributed by atoms with Gasteiger partial charge in [-0.3, -0.25) is 4.79 Å². The number of halogens is 2. The Labute approximate surface area is 277 Å². The molecule has 246 valence electrons. The smallest absolute Gasteiger partial charge is 0.407 e. The predicted molar refractivity (Wildman–Crippen MR) is 174 cm³/mol. The number of alkyl carbamates (subject to hydrolysis) is 1. The van der Waals surface area contributed by atoms with Crippen LogP contribution in [0.15, 0.2) is 18.3 Å². The lowest BCUT2D eigenvalue weighted by molar-refractivity contribution is -0.151. The molecule has 3 atom stereocenters. The number of rotatable bonds is 11. The van der Waals surface area contributed by atoms with Gasteiger partial charge in [-0.25, -0.2) is 9.78 Å². The lowest BCUT2D eigenvalue weighted by atomic mass is 9.99. The molecule has 1 saturated heterocycles. The number of nitriles is 2. The second kappa shape index (κ2) is 16.1. The number of ether oxygens (including phenoxy) is 2. The number of nitrogens with one attached hydrogen (secondary N) is 3. The van der Waals surface area contributed by atoms with Crippen molar-refractivity contribution >= 4 is 64.9 Å². The molecule has 3 heterocycles. The van der Waals surface area contributed by atoms with Crippen molar-refractivity contribution in [3.05, 3.63) is 34.6 Å². The van der Waals surface area contributed by atoms with E-state index < -0.39 is 24.2 Å². The molecule has 5 N–H and O–H groups in total. The fourth-order valence-electron chi connectivity index (χ4n) is 5.16. The molecule has 0 saturated carbocycles. The molecule has 1 unspecified atom stereocenters. The molecule has 1 aliphatic heterocycles. The maximum atomic E-state index is 12.9. The maximum absolute atomic E-state index is 12.9. The normalized spacial score (nSPS) is 16.5. The Morgan fingerprint density at radius 2 is 2.02 bits per heavy atom. The van der Waals surface area contributed by atoms with E-state index in [0.717, 1.165) is 0 Å². The molecule has 4 rings (SSSR count). The van der Waals surface area contributed by atoms with Gasteiger partial charge in [-0.1, -0.05) is 25.4 Å². The van der Waals surface area contributed by atoms with Gasteiger partial charge in [0.05, 0.1) is 60.3 Å². The van der Waals surface area contributed by atoms with Crippen LogP contribution in [0.1, 0.15) is 51.3 Å². The van der Waals surface area contributed by atoms with Gasteiger partial charge in [0.2, 0.25) is 5.95 Å². The summed E-state index contributed by atoms with van der Waals surface area (Å²) in [5.41, 5.74) is 7.87. The maximum Gasteiger partial charge on any atom is 0.407 e. The van der Waals surface area contributed by atoms with Crippen molar-refractivity contribution in [2.24, 2.45) is 11.7 Å². The van der Waals surface area contributed by atoms with E-state index in [1.165, 1.54) is 17.8 Å². The average molecular weight is 675 g/mol. The number of hydrogen-bond donors (Lipinski definition) is 4. The van der Waals surface area contributed by atoms with Gasteiger partial charge in [0.1, 0.15) is 12.2 Å². The molecule has 46 heavy (non-hydrogen) atoms. The van der Waals surface area contributed by atoms with Crippen molar-refractivity contribution in [1.29, 1.82) is 10.5 Å². The highest BCUT2D eigenvalue weighted by molar-refractivity contribution is 6.36. The van der Waals surface area contributed by atoms with E-state index >= 15 is 0 Å². The number of fused-ring (bicyclic) bond motifs is 1. The lowest BCUT2D eigenvalue weighted by Gasteiger charge is -2.39. The number of methoxy groups -OCH3 is 1. The predicted octanol–water partition coefficient (Wildman–Crippen LogP) is 3.73. The first-order chi connectivity index (χ1) is 21.6. The van der Waals surface area contributed by atoms with E-state index in [-0.39, 0.29) is 48.1 Å². The summed E-state index contributed by atoms with van der Waals surface area (Å²) in [7, 11) is 1.26. The van der Waals surface area contributed by atoms with E-state index in [2.05, 4.69) is 37.1 Å². The third kappa shape index (κ3) is 8.57. The van der Waals surface area contributed by atoms with Crippen LogP contribution in [0.5, 0.6) is 0 Å². The van der Waals surface area contributed by atoms with Crippen LogP contribution < -0.4 is 26.6 Å². The zero-order valence-corrected chi connectivity index (χ0v) is 27.5. The van der Waals surface area contributed by atoms with Crippen LogP contribution in [0.4, 0.5) is 27.9 Å². The molecule has 1 aliphatic rings. The molecular formula is C29H37Cl2N11O4. The second-order valence-corrected chi connectivity index (χ2v) is 11.4. The van der Waals surface area contributed by atoms with E-state index in [1.54, 1.807) is 12.1 Å². The third-order valence-corrected chi connectivity index (χ3v) is 7.52.